The lowest BCUT2D eigenvalue weighted by atomic mass is 9.88. The van der Waals surface area contributed by atoms with Crippen molar-refractivity contribution in [3.63, 3.8) is 0 Å². The third kappa shape index (κ3) is 4.37. The first-order valence-corrected chi connectivity index (χ1v) is 9.54. The van der Waals surface area contributed by atoms with Crippen molar-refractivity contribution < 1.29 is 26.3 Å². The molecule has 0 N–H and O–H groups in total. The summed E-state index contributed by atoms with van der Waals surface area (Å²) in [5, 5.41) is 0. The second-order valence-electron chi connectivity index (χ2n) is 7.10. The van der Waals surface area contributed by atoms with Crippen molar-refractivity contribution in [2.45, 2.75) is 12.4 Å². The summed E-state index contributed by atoms with van der Waals surface area (Å²) in [5.74, 6) is 0. The normalized spacial score (nSPS) is 12.1. The highest BCUT2D eigenvalue weighted by molar-refractivity contribution is 5.93. The van der Waals surface area contributed by atoms with E-state index in [2.05, 4.69) is 4.98 Å². The first kappa shape index (κ1) is 21.6. The maximum atomic E-state index is 13.3. The summed E-state index contributed by atoms with van der Waals surface area (Å²) in [7, 11) is 0. The highest BCUT2D eigenvalue weighted by atomic mass is 19.4. The zero-order valence-corrected chi connectivity index (χ0v) is 16.4. The van der Waals surface area contributed by atoms with Gasteiger partial charge in [-0.2, -0.15) is 26.3 Å². The number of hydrogen-bond donors (Lipinski definition) is 0. The minimum Gasteiger partial charge on any atom is -0.256 e. The highest BCUT2D eigenvalue weighted by Gasteiger charge is 2.32. The molecule has 32 heavy (non-hydrogen) atoms. The van der Waals surface area contributed by atoms with Crippen LogP contribution in [0.4, 0.5) is 26.3 Å². The maximum Gasteiger partial charge on any atom is 0.416 e. The third-order valence-electron chi connectivity index (χ3n) is 4.99. The summed E-state index contributed by atoms with van der Waals surface area (Å²) >= 11 is 0. The minimum absolute atomic E-state index is 0.286. The van der Waals surface area contributed by atoms with Crippen molar-refractivity contribution in [3.8, 4) is 33.5 Å². The Balaban J connectivity index is 1.99. The molecule has 1 nitrogen and oxygen atoms in total. The van der Waals surface area contributed by atoms with Gasteiger partial charge in [0.1, 0.15) is 0 Å². The Bertz CT molecular complexity index is 1170. The first-order chi connectivity index (χ1) is 15.1. The van der Waals surface area contributed by atoms with Crippen LogP contribution in [0, 0.1) is 0 Å². The molecule has 4 aromatic rings. The number of benzene rings is 3. The van der Waals surface area contributed by atoms with Gasteiger partial charge in [0.2, 0.25) is 0 Å². The fourth-order valence-electron chi connectivity index (χ4n) is 3.55. The summed E-state index contributed by atoms with van der Waals surface area (Å²) < 4.78 is 79.7. The van der Waals surface area contributed by atoms with Gasteiger partial charge in [-0.05, 0) is 58.7 Å². The SMILES string of the molecule is FC(F)(F)c1cccc(-c2cccc(-c3cccc(C(F)(F)F)c3)c2-c2ccccn2)c1. The van der Waals surface area contributed by atoms with Crippen LogP contribution >= 0.6 is 0 Å². The number of rotatable bonds is 3. The molecule has 0 aliphatic carbocycles. The number of nitrogens with zero attached hydrogens (tertiary/aromatic N) is 1. The van der Waals surface area contributed by atoms with Crippen molar-refractivity contribution in [2.75, 3.05) is 0 Å². The molecule has 162 valence electrons. The van der Waals surface area contributed by atoms with Gasteiger partial charge < -0.3 is 0 Å². The average molecular weight is 443 g/mol. The van der Waals surface area contributed by atoms with Crippen LogP contribution in [0.3, 0.4) is 0 Å². The molecular formula is C25H15F6N. The van der Waals surface area contributed by atoms with Gasteiger partial charge in [-0.25, -0.2) is 0 Å². The van der Waals surface area contributed by atoms with Crippen molar-refractivity contribution in [1.82, 2.24) is 4.98 Å². The number of hydrogen-bond acceptors (Lipinski definition) is 1. The van der Waals surface area contributed by atoms with Crippen LogP contribution in [0.1, 0.15) is 11.1 Å². The monoisotopic (exact) mass is 443 g/mol. The summed E-state index contributed by atoms with van der Waals surface area (Å²) in [6, 6.07) is 19.6. The zero-order valence-electron chi connectivity index (χ0n) is 16.4. The van der Waals surface area contributed by atoms with Crippen LogP contribution in [0.5, 0.6) is 0 Å². The molecule has 0 atom stereocenters. The largest absolute Gasteiger partial charge is 0.416 e. The van der Waals surface area contributed by atoms with E-state index in [9.17, 15) is 26.3 Å². The van der Waals surface area contributed by atoms with E-state index in [0.29, 0.717) is 22.4 Å². The van der Waals surface area contributed by atoms with Crippen LogP contribution in [-0.2, 0) is 12.4 Å². The van der Waals surface area contributed by atoms with Gasteiger partial charge in [0.15, 0.2) is 0 Å². The van der Waals surface area contributed by atoms with Gasteiger partial charge in [-0.1, -0.05) is 48.5 Å². The van der Waals surface area contributed by atoms with Crippen molar-refractivity contribution in [2.24, 2.45) is 0 Å². The quantitative estimate of drug-likeness (QED) is 0.291. The van der Waals surface area contributed by atoms with E-state index in [1.807, 2.05) is 0 Å². The van der Waals surface area contributed by atoms with E-state index >= 15 is 0 Å². The number of pyridine rings is 1. The van der Waals surface area contributed by atoms with Crippen LogP contribution < -0.4 is 0 Å². The third-order valence-corrected chi connectivity index (χ3v) is 4.99. The van der Waals surface area contributed by atoms with Gasteiger partial charge in [0, 0.05) is 11.8 Å². The predicted molar refractivity (Wildman–Crippen MR) is 111 cm³/mol. The van der Waals surface area contributed by atoms with Gasteiger partial charge in [0.25, 0.3) is 0 Å². The molecule has 0 fully saturated rings. The fourth-order valence-corrected chi connectivity index (χ4v) is 3.55. The van der Waals surface area contributed by atoms with Gasteiger partial charge in [0.05, 0.1) is 16.8 Å². The second kappa shape index (κ2) is 8.15. The van der Waals surface area contributed by atoms with Crippen molar-refractivity contribution in [3.05, 3.63) is 102 Å². The van der Waals surface area contributed by atoms with E-state index in [-0.39, 0.29) is 11.1 Å². The van der Waals surface area contributed by atoms with Crippen molar-refractivity contribution >= 4 is 0 Å². The molecule has 0 saturated carbocycles. The molecule has 1 heterocycles. The standard InChI is InChI=1S/C25H15F6N/c26-24(27,28)18-8-3-6-16(14-18)20-10-5-11-21(23(20)22-12-1-2-13-32-22)17-7-4-9-19(15-17)25(29,30)31/h1-15H. The molecule has 1 aromatic heterocycles. The number of alkyl halides is 6. The average Bonchev–Trinajstić information content (AvgIpc) is 2.78. The molecule has 0 amide bonds. The topological polar surface area (TPSA) is 12.9 Å². The Morgan fingerprint density at radius 2 is 1.03 bits per heavy atom. The smallest absolute Gasteiger partial charge is 0.256 e. The van der Waals surface area contributed by atoms with Crippen LogP contribution in [0.15, 0.2) is 91.1 Å². The van der Waals surface area contributed by atoms with Crippen LogP contribution in [0.2, 0.25) is 0 Å². The second-order valence-corrected chi connectivity index (χ2v) is 7.10. The molecule has 0 aliphatic heterocycles. The molecule has 4 rings (SSSR count). The van der Waals surface area contributed by atoms with Crippen LogP contribution in [0.25, 0.3) is 33.5 Å². The lowest BCUT2D eigenvalue weighted by molar-refractivity contribution is -0.138. The zero-order chi connectivity index (χ0) is 22.9. The Morgan fingerprint density at radius 3 is 1.47 bits per heavy atom. The fraction of sp³-hybridized carbons (Fsp3) is 0.0800. The van der Waals surface area contributed by atoms with Gasteiger partial charge >= 0.3 is 12.4 Å². The molecule has 0 spiro atoms. The van der Waals surface area contributed by atoms with Gasteiger partial charge in [-0.15, -0.1) is 0 Å². The summed E-state index contributed by atoms with van der Waals surface area (Å²) in [4.78, 5) is 4.32. The van der Waals surface area contributed by atoms with E-state index in [4.69, 9.17) is 0 Å². The number of halogens is 6. The Morgan fingerprint density at radius 1 is 0.531 bits per heavy atom. The molecular weight excluding hydrogens is 428 g/mol. The molecule has 0 radical (unpaired) electrons. The maximum absolute atomic E-state index is 13.3. The molecule has 0 aliphatic rings. The summed E-state index contributed by atoms with van der Waals surface area (Å²) in [5.41, 5.74) is 0.704. The molecule has 0 bridgehead atoms. The number of aromatic nitrogens is 1. The van der Waals surface area contributed by atoms with E-state index in [1.54, 1.807) is 36.4 Å². The summed E-state index contributed by atoms with van der Waals surface area (Å²) in [6.45, 7) is 0. The highest BCUT2D eigenvalue weighted by Crippen LogP contribution is 2.42. The molecule has 7 heteroatoms. The lowest BCUT2D eigenvalue weighted by Gasteiger charge is -2.17. The minimum atomic E-state index is -4.53. The Hall–Kier alpha value is -3.61. The van der Waals surface area contributed by atoms with E-state index < -0.39 is 23.5 Å². The molecule has 3 aromatic carbocycles. The Kier molecular flexibility index (Phi) is 5.50. The Labute approximate surface area is 180 Å². The van der Waals surface area contributed by atoms with E-state index in [1.165, 1.54) is 30.5 Å². The van der Waals surface area contributed by atoms with Crippen LogP contribution in [-0.4, -0.2) is 4.98 Å². The summed E-state index contributed by atoms with van der Waals surface area (Å²) in [6.07, 6.45) is -7.53. The molecule has 0 unspecified atom stereocenters. The lowest BCUT2D eigenvalue weighted by Crippen LogP contribution is -2.05. The molecule has 0 saturated heterocycles. The van der Waals surface area contributed by atoms with Gasteiger partial charge in [-0.3, -0.25) is 4.98 Å². The van der Waals surface area contributed by atoms with Crippen molar-refractivity contribution in [1.29, 1.82) is 0 Å². The van der Waals surface area contributed by atoms with E-state index in [0.717, 1.165) is 24.3 Å². The first-order valence-electron chi connectivity index (χ1n) is 9.54. The predicted octanol–water partition coefficient (Wildman–Crippen LogP) is 8.12.